The molecular weight excluding hydrogens is 234 g/mol. The normalized spacial score (nSPS) is 45.7. The van der Waals surface area contributed by atoms with E-state index in [9.17, 15) is 0 Å². The van der Waals surface area contributed by atoms with Gasteiger partial charge < -0.3 is 4.74 Å². The van der Waals surface area contributed by atoms with Crippen molar-refractivity contribution in [3.05, 3.63) is 47.5 Å². The molecule has 2 aliphatic carbocycles. The third kappa shape index (κ3) is 1.04. The van der Waals surface area contributed by atoms with Crippen LogP contribution in [0.5, 0.6) is 0 Å². The van der Waals surface area contributed by atoms with E-state index in [1.165, 1.54) is 25.8 Å². The number of piperidine rings is 1. The van der Waals surface area contributed by atoms with Crippen LogP contribution in [0.3, 0.4) is 0 Å². The number of benzene rings is 1. The predicted molar refractivity (Wildman–Crippen MR) is 74.0 cm³/mol. The average molecular weight is 253 g/mol. The van der Waals surface area contributed by atoms with E-state index in [2.05, 4.69) is 41.3 Å². The largest absolute Gasteiger partial charge is 0.353 e. The predicted octanol–water partition coefficient (Wildman–Crippen LogP) is 2.63. The van der Waals surface area contributed by atoms with Gasteiger partial charge in [0.05, 0.1) is 0 Å². The van der Waals surface area contributed by atoms with Crippen molar-refractivity contribution in [1.29, 1.82) is 0 Å². The van der Waals surface area contributed by atoms with Gasteiger partial charge in [0.15, 0.2) is 0 Å². The van der Waals surface area contributed by atoms with Gasteiger partial charge in [-0.15, -0.1) is 0 Å². The summed E-state index contributed by atoms with van der Waals surface area (Å²) in [6, 6.07) is 9.67. The number of ether oxygens (including phenoxy) is 1. The van der Waals surface area contributed by atoms with Crippen LogP contribution in [0.25, 0.3) is 0 Å². The first-order valence-electron chi connectivity index (χ1n) is 7.50. The summed E-state index contributed by atoms with van der Waals surface area (Å²) < 4.78 is 6.42. The maximum Gasteiger partial charge on any atom is 0.113 e. The lowest BCUT2D eigenvalue weighted by molar-refractivity contribution is -0.0524. The number of rotatable bonds is 0. The van der Waals surface area contributed by atoms with E-state index in [0.29, 0.717) is 6.04 Å². The summed E-state index contributed by atoms with van der Waals surface area (Å²) in [5.41, 5.74) is 3.36. The second-order valence-corrected chi connectivity index (χ2v) is 6.53. The highest BCUT2D eigenvalue weighted by Crippen LogP contribution is 2.60. The molecule has 2 heteroatoms. The Morgan fingerprint density at radius 3 is 3.16 bits per heavy atom. The molecule has 1 aromatic carbocycles. The Morgan fingerprint density at radius 1 is 1.21 bits per heavy atom. The summed E-state index contributed by atoms with van der Waals surface area (Å²) in [7, 11) is 0. The molecule has 4 unspecified atom stereocenters. The standard InChI is InChI=1S/C17H19NO/c1-2-6-14-13(5-1)11-15-17-8-4-3-7-16(14,17)9-10-18(15)12-19-17/h1-2,4-6,8,15H,3,7,9-12H2. The summed E-state index contributed by atoms with van der Waals surface area (Å²) in [6.45, 7) is 2.03. The van der Waals surface area contributed by atoms with Gasteiger partial charge >= 0.3 is 0 Å². The fourth-order valence-electron chi connectivity index (χ4n) is 5.22. The monoisotopic (exact) mass is 253 g/mol. The molecule has 4 bridgehead atoms. The van der Waals surface area contributed by atoms with E-state index in [1.54, 1.807) is 11.1 Å². The van der Waals surface area contributed by atoms with Crippen molar-refractivity contribution in [2.24, 2.45) is 0 Å². The van der Waals surface area contributed by atoms with Crippen molar-refractivity contribution in [3.63, 3.8) is 0 Å². The summed E-state index contributed by atoms with van der Waals surface area (Å²) in [5.74, 6) is 0. The second kappa shape index (κ2) is 3.31. The van der Waals surface area contributed by atoms with E-state index in [-0.39, 0.29) is 11.0 Å². The summed E-state index contributed by atoms with van der Waals surface area (Å²) >= 11 is 0. The van der Waals surface area contributed by atoms with E-state index in [1.807, 2.05) is 0 Å². The molecule has 0 saturated carbocycles. The van der Waals surface area contributed by atoms with E-state index in [4.69, 9.17) is 4.74 Å². The molecule has 5 rings (SSSR count). The van der Waals surface area contributed by atoms with Crippen LogP contribution in [0.15, 0.2) is 36.4 Å². The Balaban J connectivity index is 1.84. The average Bonchev–Trinajstić information content (AvgIpc) is 2.69. The highest BCUT2D eigenvalue weighted by molar-refractivity contribution is 5.48. The van der Waals surface area contributed by atoms with Gasteiger partial charge in [-0.1, -0.05) is 36.4 Å². The van der Waals surface area contributed by atoms with Crippen molar-refractivity contribution < 1.29 is 4.74 Å². The van der Waals surface area contributed by atoms with E-state index in [0.717, 1.165) is 13.2 Å². The van der Waals surface area contributed by atoms with Crippen LogP contribution in [-0.2, 0) is 16.6 Å². The summed E-state index contributed by atoms with van der Waals surface area (Å²) in [6.07, 6.45) is 9.63. The first-order valence-corrected chi connectivity index (χ1v) is 7.50. The molecule has 2 heterocycles. The molecular formula is C17H19NO. The molecule has 1 aromatic rings. The van der Waals surface area contributed by atoms with Gasteiger partial charge in [0.1, 0.15) is 12.3 Å². The van der Waals surface area contributed by atoms with Crippen molar-refractivity contribution in [2.75, 3.05) is 13.3 Å². The number of allylic oxidation sites excluding steroid dienone is 1. The molecule has 2 saturated heterocycles. The zero-order chi connectivity index (χ0) is 12.5. The van der Waals surface area contributed by atoms with Gasteiger partial charge in [-0.3, -0.25) is 4.90 Å². The minimum absolute atomic E-state index is 0.0299. The highest BCUT2D eigenvalue weighted by atomic mass is 16.5. The number of nitrogens with zero attached hydrogens (tertiary/aromatic N) is 1. The van der Waals surface area contributed by atoms with Crippen LogP contribution in [0.2, 0.25) is 0 Å². The molecule has 4 atom stereocenters. The molecule has 0 aromatic heterocycles. The smallest absolute Gasteiger partial charge is 0.113 e. The van der Waals surface area contributed by atoms with Gasteiger partial charge in [-0.2, -0.15) is 0 Å². The molecule has 0 radical (unpaired) electrons. The minimum atomic E-state index is -0.0299. The lowest BCUT2D eigenvalue weighted by atomic mass is 9.52. The zero-order valence-electron chi connectivity index (χ0n) is 11.1. The molecule has 2 fully saturated rings. The van der Waals surface area contributed by atoms with Crippen LogP contribution in [0.4, 0.5) is 0 Å². The Morgan fingerprint density at radius 2 is 2.16 bits per heavy atom. The minimum Gasteiger partial charge on any atom is -0.353 e. The first kappa shape index (κ1) is 10.6. The van der Waals surface area contributed by atoms with Crippen molar-refractivity contribution in [1.82, 2.24) is 4.90 Å². The number of hydrogen-bond acceptors (Lipinski definition) is 2. The topological polar surface area (TPSA) is 12.5 Å². The van der Waals surface area contributed by atoms with Gasteiger partial charge in [0.2, 0.25) is 0 Å². The number of fused-ring (bicyclic) bond motifs is 1. The summed E-state index contributed by atoms with van der Waals surface area (Å²) in [4.78, 5) is 2.56. The van der Waals surface area contributed by atoms with E-state index >= 15 is 0 Å². The van der Waals surface area contributed by atoms with Gasteiger partial charge in [0, 0.05) is 18.0 Å². The fourth-order valence-corrected chi connectivity index (χ4v) is 5.22. The molecule has 1 spiro atoms. The first-order chi connectivity index (χ1) is 9.36. The Kier molecular flexibility index (Phi) is 1.85. The van der Waals surface area contributed by atoms with E-state index < -0.39 is 0 Å². The highest BCUT2D eigenvalue weighted by Gasteiger charge is 2.66. The zero-order valence-corrected chi connectivity index (χ0v) is 11.1. The molecule has 0 amide bonds. The molecule has 19 heavy (non-hydrogen) atoms. The lowest BCUT2D eigenvalue weighted by Gasteiger charge is -2.58. The number of hydrogen-bond donors (Lipinski definition) is 0. The maximum atomic E-state index is 6.42. The van der Waals surface area contributed by atoms with Crippen LogP contribution < -0.4 is 0 Å². The Labute approximate surface area is 114 Å². The Hall–Kier alpha value is -1.12. The van der Waals surface area contributed by atoms with Gasteiger partial charge in [-0.25, -0.2) is 0 Å². The molecule has 98 valence electrons. The van der Waals surface area contributed by atoms with Crippen LogP contribution in [-0.4, -0.2) is 29.8 Å². The van der Waals surface area contributed by atoms with Crippen LogP contribution in [0.1, 0.15) is 30.4 Å². The van der Waals surface area contributed by atoms with Crippen LogP contribution in [0, 0.1) is 0 Å². The second-order valence-electron chi connectivity index (χ2n) is 6.53. The lowest BCUT2D eigenvalue weighted by Crippen LogP contribution is -2.66. The van der Waals surface area contributed by atoms with Gasteiger partial charge in [0.25, 0.3) is 0 Å². The summed E-state index contributed by atoms with van der Waals surface area (Å²) in [5, 5.41) is 0. The fraction of sp³-hybridized carbons (Fsp3) is 0.529. The van der Waals surface area contributed by atoms with Crippen LogP contribution >= 0.6 is 0 Å². The molecule has 2 aliphatic heterocycles. The van der Waals surface area contributed by atoms with Gasteiger partial charge in [-0.05, 0) is 36.8 Å². The Bertz CT molecular complexity index is 580. The molecule has 0 N–H and O–H groups in total. The molecule has 4 aliphatic rings. The third-order valence-corrected chi connectivity index (χ3v) is 6.03. The van der Waals surface area contributed by atoms with Crippen molar-refractivity contribution in [2.45, 2.75) is 42.7 Å². The molecule has 2 nitrogen and oxygen atoms in total. The maximum absolute atomic E-state index is 6.42. The SMILES string of the molecule is C1=CC23OCN4CCC2(CC1)c1ccccc1CC43. The third-order valence-electron chi connectivity index (χ3n) is 6.03. The van der Waals surface area contributed by atoms with Crippen molar-refractivity contribution >= 4 is 0 Å². The quantitative estimate of drug-likeness (QED) is 0.659. The van der Waals surface area contributed by atoms with Crippen molar-refractivity contribution in [3.8, 4) is 0 Å².